The fourth-order valence-corrected chi connectivity index (χ4v) is 12.4. The zero-order valence-electron chi connectivity index (χ0n) is 29.4. The number of ether oxygens (including phenoxy) is 2. The summed E-state index contributed by atoms with van der Waals surface area (Å²) in [7, 11) is 0. The first-order valence-electron chi connectivity index (χ1n) is 18.3. The molecule has 6 atom stereocenters. The molecule has 6 heteroatoms. The molecule has 4 heterocycles. The van der Waals surface area contributed by atoms with Crippen LogP contribution in [0.2, 0.25) is 0 Å². The molecule has 0 N–H and O–H groups in total. The van der Waals surface area contributed by atoms with Crippen LogP contribution in [0.3, 0.4) is 0 Å². The number of hydrogen-bond acceptors (Lipinski definition) is 6. The van der Waals surface area contributed by atoms with Crippen molar-refractivity contribution in [2.45, 2.75) is 91.6 Å². The van der Waals surface area contributed by atoms with E-state index in [9.17, 15) is 0 Å². The van der Waals surface area contributed by atoms with E-state index in [1.807, 2.05) is 0 Å². The van der Waals surface area contributed by atoms with Crippen molar-refractivity contribution >= 4 is 0 Å². The van der Waals surface area contributed by atoms with Gasteiger partial charge in [0.05, 0.1) is 26.4 Å². The Morgan fingerprint density at radius 2 is 0.891 bits per heavy atom. The minimum Gasteiger partial charge on any atom is -0.379 e. The zero-order chi connectivity index (χ0) is 31.9. The molecule has 2 saturated carbocycles. The molecule has 2 aromatic rings. The SMILES string of the molecule is Cc1ccc(CN2[C@H]3C[C@H]4N(Cc5ccc(C)cc5)[C@H]5C[C@@H]2C(C)(C)[C@@]3(CN2CCOCC2)[C@@]5(CN2CCOCC2)C4(C)C)cc1. The maximum absolute atomic E-state index is 5.95. The van der Waals surface area contributed by atoms with Crippen molar-refractivity contribution in [3.8, 4) is 0 Å². The molecule has 2 aliphatic carbocycles. The summed E-state index contributed by atoms with van der Waals surface area (Å²) < 4.78 is 11.9. The van der Waals surface area contributed by atoms with Gasteiger partial charge in [-0.05, 0) is 48.6 Å². The molecular formula is C40H58N4O2. The second-order valence-electron chi connectivity index (χ2n) is 17.0. The Bertz CT molecular complexity index is 1290. The number of nitrogens with zero attached hydrogens (tertiary/aromatic N) is 4. The van der Waals surface area contributed by atoms with Crippen molar-refractivity contribution < 1.29 is 9.47 Å². The van der Waals surface area contributed by atoms with Gasteiger partial charge in [-0.2, -0.15) is 0 Å². The van der Waals surface area contributed by atoms with E-state index in [1.54, 1.807) is 0 Å². The molecule has 6 fully saturated rings. The van der Waals surface area contributed by atoms with Gasteiger partial charge in [0, 0.05) is 87.4 Å². The van der Waals surface area contributed by atoms with Gasteiger partial charge >= 0.3 is 0 Å². The van der Waals surface area contributed by atoms with Crippen LogP contribution in [0.25, 0.3) is 0 Å². The van der Waals surface area contributed by atoms with Gasteiger partial charge in [0.1, 0.15) is 0 Å². The number of morpholine rings is 2. The largest absolute Gasteiger partial charge is 0.379 e. The smallest absolute Gasteiger partial charge is 0.0594 e. The minimum atomic E-state index is 0.149. The summed E-state index contributed by atoms with van der Waals surface area (Å²) in [6, 6.07) is 21.1. The van der Waals surface area contributed by atoms with E-state index in [0.29, 0.717) is 24.2 Å². The van der Waals surface area contributed by atoms with Gasteiger partial charge in [-0.15, -0.1) is 0 Å². The maximum Gasteiger partial charge on any atom is 0.0594 e. The summed E-state index contributed by atoms with van der Waals surface area (Å²) in [5.74, 6) is 0. The van der Waals surface area contributed by atoms with Crippen LogP contribution in [-0.4, -0.2) is 109 Å². The van der Waals surface area contributed by atoms with Crippen LogP contribution in [0.15, 0.2) is 48.5 Å². The molecule has 6 aliphatic rings. The Balaban J connectivity index is 1.30. The van der Waals surface area contributed by atoms with E-state index in [-0.39, 0.29) is 21.7 Å². The lowest BCUT2D eigenvalue weighted by molar-refractivity contribution is -0.201. The quantitative estimate of drug-likeness (QED) is 0.379. The Kier molecular flexibility index (Phi) is 7.79. The van der Waals surface area contributed by atoms with Crippen LogP contribution < -0.4 is 0 Å². The minimum absolute atomic E-state index is 0.149. The zero-order valence-corrected chi connectivity index (χ0v) is 29.4. The van der Waals surface area contributed by atoms with Crippen LogP contribution in [-0.2, 0) is 22.6 Å². The predicted octanol–water partition coefficient (Wildman–Crippen LogP) is 5.61. The van der Waals surface area contributed by atoms with E-state index >= 15 is 0 Å². The maximum atomic E-state index is 5.95. The van der Waals surface area contributed by atoms with Crippen molar-refractivity contribution in [2.75, 3.05) is 65.7 Å². The van der Waals surface area contributed by atoms with Gasteiger partial charge in [0.2, 0.25) is 0 Å². The summed E-state index contributed by atoms with van der Waals surface area (Å²) in [4.78, 5) is 11.8. The fourth-order valence-electron chi connectivity index (χ4n) is 12.4. The molecule has 46 heavy (non-hydrogen) atoms. The van der Waals surface area contributed by atoms with Gasteiger partial charge in [0.25, 0.3) is 0 Å². The third-order valence-electron chi connectivity index (χ3n) is 14.5. The second kappa shape index (κ2) is 11.4. The molecule has 6 nitrogen and oxygen atoms in total. The number of hydrogen-bond donors (Lipinski definition) is 0. The summed E-state index contributed by atoms with van der Waals surface area (Å²) in [5.41, 5.74) is 6.30. The highest BCUT2D eigenvalue weighted by atomic mass is 16.5. The van der Waals surface area contributed by atoms with Gasteiger partial charge in [-0.25, -0.2) is 0 Å². The van der Waals surface area contributed by atoms with E-state index in [4.69, 9.17) is 9.47 Å². The van der Waals surface area contributed by atoms with Crippen LogP contribution in [0.1, 0.15) is 62.8 Å². The molecule has 4 aliphatic heterocycles. The average molecular weight is 627 g/mol. The molecule has 0 radical (unpaired) electrons. The average Bonchev–Trinajstić information content (AvgIpc) is 3.23. The first kappa shape index (κ1) is 31.5. The first-order valence-corrected chi connectivity index (χ1v) is 18.3. The Hall–Kier alpha value is -1.80. The Morgan fingerprint density at radius 1 is 0.543 bits per heavy atom. The second-order valence-corrected chi connectivity index (χ2v) is 17.0. The van der Waals surface area contributed by atoms with Crippen molar-refractivity contribution in [3.63, 3.8) is 0 Å². The van der Waals surface area contributed by atoms with Crippen LogP contribution in [0, 0.1) is 35.5 Å². The molecule has 2 aromatic carbocycles. The number of benzene rings is 2. The summed E-state index contributed by atoms with van der Waals surface area (Å²) in [6.45, 7) is 27.4. The van der Waals surface area contributed by atoms with E-state index in [0.717, 1.165) is 65.7 Å². The van der Waals surface area contributed by atoms with E-state index < -0.39 is 0 Å². The Labute approximate surface area is 278 Å². The number of rotatable bonds is 8. The molecule has 0 spiro atoms. The molecule has 4 saturated heterocycles. The summed E-state index contributed by atoms with van der Waals surface area (Å²) in [6.07, 6.45) is 2.52. The standard InChI is InChI=1S/C40H58N4O2/c1-29-7-11-31(12-8-29)25-43-33-23-36-40(28-42-17-21-46-22-18-42)38(5,6)34(44(36)26-32-13-9-30(2)10-14-32)24-35(43)39(40,37(33,3)4)27-41-15-19-45-20-16-41/h7-14,33-36H,15-28H2,1-6H3/t33-,34-,35+,36+,39-,40+/m1/s1. The molecule has 0 unspecified atom stereocenters. The third-order valence-corrected chi connectivity index (χ3v) is 14.5. The first-order chi connectivity index (χ1) is 22.1. The van der Waals surface area contributed by atoms with Crippen molar-refractivity contribution in [1.29, 1.82) is 0 Å². The summed E-state index contributed by atoms with van der Waals surface area (Å²) >= 11 is 0. The van der Waals surface area contributed by atoms with Crippen LogP contribution in [0.4, 0.5) is 0 Å². The molecule has 4 bridgehead atoms. The topological polar surface area (TPSA) is 31.4 Å². The fraction of sp³-hybridized carbons (Fsp3) is 0.700. The lowest BCUT2D eigenvalue weighted by Gasteiger charge is -2.69. The van der Waals surface area contributed by atoms with Crippen molar-refractivity contribution in [2.24, 2.45) is 21.7 Å². The van der Waals surface area contributed by atoms with Gasteiger partial charge in [-0.3, -0.25) is 19.6 Å². The van der Waals surface area contributed by atoms with E-state index in [2.05, 4.69) is 110 Å². The summed E-state index contributed by atoms with van der Waals surface area (Å²) in [5, 5.41) is 0. The van der Waals surface area contributed by atoms with Crippen LogP contribution in [0.5, 0.6) is 0 Å². The van der Waals surface area contributed by atoms with Gasteiger partial charge in [-0.1, -0.05) is 87.4 Å². The number of fused-ring (bicyclic) bond motifs is 2. The van der Waals surface area contributed by atoms with Crippen molar-refractivity contribution in [1.82, 2.24) is 19.6 Å². The molecule has 0 amide bonds. The highest BCUT2D eigenvalue weighted by molar-refractivity contribution is 5.38. The van der Waals surface area contributed by atoms with Gasteiger partial charge in [0.15, 0.2) is 0 Å². The molecule has 250 valence electrons. The normalized spacial score (nSPS) is 37.3. The predicted molar refractivity (Wildman–Crippen MR) is 185 cm³/mol. The molecule has 8 rings (SSSR count). The van der Waals surface area contributed by atoms with E-state index in [1.165, 1.54) is 48.2 Å². The number of aryl methyl sites for hydroxylation is 2. The number of likely N-dealkylation sites (tertiary alicyclic amines) is 2. The molecular weight excluding hydrogens is 568 g/mol. The lowest BCUT2D eigenvalue weighted by Crippen LogP contribution is -2.75. The van der Waals surface area contributed by atoms with Gasteiger partial charge < -0.3 is 9.47 Å². The third kappa shape index (κ3) is 4.43. The monoisotopic (exact) mass is 626 g/mol. The molecule has 0 aromatic heterocycles. The Morgan fingerprint density at radius 3 is 1.24 bits per heavy atom. The highest BCUT2D eigenvalue weighted by Gasteiger charge is 2.85. The lowest BCUT2D eigenvalue weighted by atomic mass is 9.35. The van der Waals surface area contributed by atoms with Crippen LogP contribution >= 0.6 is 0 Å². The highest BCUT2D eigenvalue weighted by Crippen LogP contribution is 2.80. The van der Waals surface area contributed by atoms with Crippen molar-refractivity contribution in [3.05, 3.63) is 70.8 Å².